The van der Waals surface area contributed by atoms with Crippen molar-refractivity contribution in [1.29, 1.82) is 0 Å². The zero-order valence-electron chi connectivity index (χ0n) is 13.4. The molecule has 1 fully saturated rings. The summed E-state index contributed by atoms with van der Waals surface area (Å²) >= 11 is 0. The number of anilines is 1. The summed E-state index contributed by atoms with van der Waals surface area (Å²) in [5, 5.41) is 9.89. The lowest BCUT2D eigenvalue weighted by Gasteiger charge is -2.34. The van der Waals surface area contributed by atoms with Crippen molar-refractivity contribution in [3.05, 3.63) is 30.3 Å². The number of hydrogen-bond acceptors (Lipinski definition) is 5. The molecule has 5 heteroatoms. The molecule has 0 radical (unpaired) electrons. The molecule has 22 heavy (non-hydrogen) atoms. The van der Waals surface area contributed by atoms with E-state index in [-0.39, 0.29) is 5.92 Å². The van der Waals surface area contributed by atoms with E-state index in [1.807, 2.05) is 18.2 Å². The zero-order valence-corrected chi connectivity index (χ0v) is 13.4. The standard InChI is InChI=1S/C17H26N2O3/c1-18(15-6-4-3-5-7-15)12-13-19-10-8-14(9-11-19)16(20)17(21)22-2/h3-7,14,16,20H,8-13H2,1-2H3. The normalized spacial score (nSPS) is 18.0. The van der Waals surface area contributed by atoms with Crippen molar-refractivity contribution in [2.24, 2.45) is 5.92 Å². The van der Waals surface area contributed by atoms with Gasteiger partial charge in [0.2, 0.25) is 0 Å². The molecule has 0 saturated carbocycles. The minimum absolute atomic E-state index is 0.0237. The Bertz CT molecular complexity index is 458. The summed E-state index contributed by atoms with van der Waals surface area (Å²) in [6.07, 6.45) is 0.704. The maximum Gasteiger partial charge on any atom is 0.334 e. The van der Waals surface area contributed by atoms with Gasteiger partial charge in [0.15, 0.2) is 6.10 Å². The summed E-state index contributed by atoms with van der Waals surface area (Å²) in [6.45, 7) is 3.80. The molecule has 0 spiro atoms. The quantitative estimate of drug-likeness (QED) is 0.805. The van der Waals surface area contributed by atoms with Gasteiger partial charge in [-0.05, 0) is 44.0 Å². The van der Waals surface area contributed by atoms with Crippen LogP contribution in [0.2, 0.25) is 0 Å². The van der Waals surface area contributed by atoms with Gasteiger partial charge in [0.05, 0.1) is 7.11 Å². The Balaban J connectivity index is 1.73. The second-order valence-corrected chi connectivity index (χ2v) is 5.90. The van der Waals surface area contributed by atoms with Gasteiger partial charge in [0, 0.05) is 25.8 Å². The predicted octanol–water partition coefficient (Wildman–Crippen LogP) is 1.37. The molecule has 1 N–H and O–H groups in total. The highest BCUT2D eigenvalue weighted by molar-refractivity contribution is 5.74. The first-order valence-electron chi connectivity index (χ1n) is 7.86. The summed E-state index contributed by atoms with van der Waals surface area (Å²) in [4.78, 5) is 16.0. The van der Waals surface area contributed by atoms with Crippen LogP contribution < -0.4 is 4.90 Å². The molecule has 1 aromatic carbocycles. The van der Waals surface area contributed by atoms with Crippen molar-refractivity contribution in [2.45, 2.75) is 18.9 Å². The summed E-state index contributed by atoms with van der Waals surface area (Å²) < 4.78 is 4.61. The summed E-state index contributed by atoms with van der Waals surface area (Å²) in [7, 11) is 3.42. The molecule has 122 valence electrons. The number of likely N-dealkylation sites (tertiary alicyclic amines) is 1. The first-order chi connectivity index (χ1) is 10.6. The van der Waals surface area contributed by atoms with Crippen molar-refractivity contribution in [3.63, 3.8) is 0 Å². The van der Waals surface area contributed by atoms with E-state index in [9.17, 15) is 9.90 Å². The molecule has 1 heterocycles. The third-order valence-electron chi connectivity index (χ3n) is 4.47. The van der Waals surface area contributed by atoms with Crippen LogP contribution in [0.4, 0.5) is 5.69 Å². The van der Waals surface area contributed by atoms with Gasteiger partial charge < -0.3 is 19.6 Å². The molecule has 1 unspecified atom stereocenters. The lowest BCUT2D eigenvalue weighted by atomic mass is 9.91. The Morgan fingerprint density at radius 1 is 1.36 bits per heavy atom. The van der Waals surface area contributed by atoms with E-state index in [0.717, 1.165) is 39.0 Å². The molecule has 2 rings (SSSR count). The molecule has 1 aromatic rings. The fourth-order valence-corrected chi connectivity index (χ4v) is 2.91. The minimum Gasteiger partial charge on any atom is -0.467 e. The summed E-state index contributed by atoms with van der Waals surface area (Å²) in [6, 6.07) is 10.3. The number of aliphatic hydroxyl groups is 1. The van der Waals surface area contributed by atoms with Gasteiger partial charge in [-0.1, -0.05) is 18.2 Å². The van der Waals surface area contributed by atoms with Gasteiger partial charge in [-0.25, -0.2) is 4.79 Å². The first kappa shape index (κ1) is 16.8. The number of esters is 1. The Hall–Kier alpha value is -1.59. The second-order valence-electron chi connectivity index (χ2n) is 5.90. The number of para-hydroxylation sites is 1. The van der Waals surface area contributed by atoms with Gasteiger partial charge in [-0.3, -0.25) is 0 Å². The number of ether oxygens (including phenoxy) is 1. The largest absolute Gasteiger partial charge is 0.467 e. The molecule has 1 aliphatic rings. The number of hydrogen-bond donors (Lipinski definition) is 1. The molecule has 5 nitrogen and oxygen atoms in total. The second kappa shape index (κ2) is 8.15. The Morgan fingerprint density at radius 3 is 2.59 bits per heavy atom. The molecule has 0 aliphatic carbocycles. The van der Waals surface area contributed by atoms with Gasteiger partial charge in [-0.2, -0.15) is 0 Å². The van der Waals surface area contributed by atoms with E-state index in [0.29, 0.717) is 0 Å². The lowest BCUT2D eigenvalue weighted by Crippen LogP contribution is -2.43. The molecule has 0 amide bonds. The lowest BCUT2D eigenvalue weighted by molar-refractivity contribution is -0.154. The number of carbonyl (C=O) groups excluding carboxylic acids is 1. The number of piperidine rings is 1. The average molecular weight is 306 g/mol. The van der Waals surface area contributed by atoms with Crippen molar-refractivity contribution >= 4 is 11.7 Å². The van der Waals surface area contributed by atoms with Crippen molar-refractivity contribution in [2.75, 3.05) is 45.2 Å². The van der Waals surface area contributed by atoms with Gasteiger partial charge in [0.25, 0.3) is 0 Å². The molecule has 1 atom stereocenters. The Morgan fingerprint density at radius 2 is 2.00 bits per heavy atom. The molecule has 0 aromatic heterocycles. The Kier molecular flexibility index (Phi) is 6.21. The van der Waals surface area contributed by atoms with Crippen molar-refractivity contribution < 1.29 is 14.6 Å². The van der Waals surface area contributed by atoms with Crippen LogP contribution in [-0.2, 0) is 9.53 Å². The predicted molar refractivity (Wildman–Crippen MR) is 86.9 cm³/mol. The van der Waals surface area contributed by atoms with E-state index < -0.39 is 12.1 Å². The minimum atomic E-state index is -0.973. The Labute approximate surface area is 132 Å². The smallest absolute Gasteiger partial charge is 0.334 e. The maximum absolute atomic E-state index is 11.4. The summed E-state index contributed by atoms with van der Waals surface area (Å²) in [5.41, 5.74) is 1.22. The van der Waals surface area contributed by atoms with E-state index >= 15 is 0 Å². The highest BCUT2D eigenvalue weighted by Crippen LogP contribution is 2.21. The SMILES string of the molecule is COC(=O)C(O)C1CCN(CCN(C)c2ccccc2)CC1. The first-order valence-corrected chi connectivity index (χ1v) is 7.86. The number of benzene rings is 1. The fraction of sp³-hybridized carbons (Fsp3) is 0.588. The summed E-state index contributed by atoms with van der Waals surface area (Å²) in [5.74, 6) is -0.488. The molecular formula is C17H26N2O3. The number of aliphatic hydroxyl groups excluding tert-OH is 1. The van der Waals surface area contributed by atoms with Gasteiger partial charge in [0.1, 0.15) is 0 Å². The number of carbonyl (C=O) groups is 1. The van der Waals surface area contributed by atoms with Crippen molar-refractivity contribution in [3.8, 4) is 0 Å². The number of rotatable bonds is 6. The van der Waals surface area contributed by atoms with Crippen LogP contribution in [-0.4, -0.2) is 62.4 Å². The monoisotopic (exact) mass is 306 g/mol. The van der Waals surface area contributed by atoms with Crippen LogP contribution in [0.25, 0.3) is 0 Å². The van der Waals surface area contributed by atoms with Crippen LogP contribution in [0, 0.1) is 5.92 Å². The van der Waals surface area contributed by atoms with E-state index in [1.165, 1.54) is 12.8 Å². The van der Waals surface area contributed by atoms with Crippen molar-refractivity contribution in [1.82, 2.24) is 4.90 Å². The van der Waals surface area contributed by atoms with Crippen LogP contribution in [0.5, 0.6) is 0 Å². The topological polar surface area (TPSA) is 53.0 Å². The van der Waals surface area contributed by atoms with E-state index in [4.69, 9.17) is 0 Å². The van der Waals surface area contributed by atoms with Gasteiger partial charge >= 0.3 is 5.97 Å². The molecule has 1 aliphatic heterocycles. The van der Waals surface area contributed by atoms with Crippen LogP contribution in [0.15, 0.2) is 30.3 Å². The van der Waals surface area contributed by atoms with Gasteiger partial charge in [-0.15, -0.1) is 0 Å². The van der Waals surface area contributed by atoms with Crippen LogP contribution in [0.3, 0.4) is 0 Å². The number of likely N-dealkylation sites (N-methyl/N-ethyl adjacent to an activating group) is 1. The fourth-order valence-electron chi connectivity index (χ4n) is 2.91. The third kappa shape index (κ3) is 4.45. The van der Waals surface area contributed by atoms with E-state index in [2.05, 4.69) is 33.7 Å². The average Bonchev–Trinajstić information content (AvgIpc) is 2.59. The third-order valence-corrected chi connectivity index (χ3v) is 4.47. The number of methoxy groups -OCH3 is 1. The molecular weight excluding hydrogens is 280 g/mol. The van der Waals surface area contributed by atoms with E-state index in [1.54, 1.807) is 0 Å². The maximum atomic E-state index is 11.4. The highest BCUT2D eigenvalue weighted by Gasteiger charge is 2.30. The van der Waals surface area contributed by atoms with Crippen LogP contribution in [0.1, 0.15) is 12.8 Å². The highest BCUT2D eigenvalue weighted by atomic mass is 16.5. The molecule has 1 saturated heterocycles. The number of nitrogens with zero attached hydrogens (tertiary/aromatic N) is 2. The van der Waals surface area contributed by atoms with Crippen LogP contribution >= 0.6 is 0 Å². The zero-order chi connectivity index (χ0) is 15.9. The molecule has 0 bridgehead atoms.